The molecule has 8 heteroatoms. The minimum atomic E-state index is -4.57. The predicted molar refractivity (Wildman–Crippen MR) is 62.4 cm³/mol. The Bertz CT molecular complexity index is 519. The van der Waals surface area contributed by atoms with Crippen molar-refractivity contribution in [3.63, 3.8) is 0 Å². The Kier molecular flexibility index (Phi) is 3.74. The second-order valence-corrected chi connectivity index (χ2v) is 4.45. The number of hydrogen-bond acceptors (Lipinski definition) is 3. The Morgan fingerprint density at radius 3 is 2.80 bits per heavy atom. The molecule has 0 radical (unpaired) electrons. The maximum absolute atomic E-state index is 12.6. The number of carbonyl (C=O) groups is 1. The molecule has 0 saturated heterocycles. The Morgan fingerprint density at radius 1 is 1.55 bits per heavy atom. The molecule has 0 aliphatic carbocycles. The van der Waals surface area contributed by atoms with Crippen LogP contribution < -0.4 is 4.74 Å². The smallest absolute Gasteiger partial charge is 0.433 e. The fraction of sp³-hybridized carbons (Fsp3) is 0.500. The Labute approximate surface area is 113 Å². The number of aromatic nitrogens is 1. The van der Waals surface area contributed by atoms with Crippen LogP contribution in [0.4, 0.5) is 18.0 Å². The van der Waals surface area contributed by atoms with E-state index >= 15 is 0 Å². The summed E-state index contributed by atoms with van der Waals surface area (Å²) in [6.45, 7) is 1.70. The van der Waals surface area contributed by atoms with Crippen molar-refractivity contribution in [2.45, 2.75) is 32.2 Å². The lowest BCUT2D eigenvalue weighted by Gasteiger charge is -2.19. The zero-order chi connectivity index (χ0) is 14.9. The van der Waals surface area contributed by atoms with E-state index in [1.165, 1.54) is 6.07 Å². The highest BCUT2D eigenvalue weighted by Gasteiger charge is 2.34. The number of amides is 1. The van der Waals surface area contributed by atoms with Gasteiger partial charge in [-0.05, 0) is 18.6 Å². The first-order valence-corrected chi connectivity index (χ1v) is 6.03. The van der Waals surface area contributed by atoms with Gasteiger partial charge in [-0.2, -0.15) is 13.2 Å². The van der Waals surface area contributed by atoms with Gasteiger partial charge < -0.3 is 9.84 Å². The SMILES string of the molecule is CC[C@@H]1CN(C(=O)O)Cc2nc(C(F)(F)F)ccc2O1. The summed E-state index contributed by atoms with van der Waals surface area (Å²) in [5.41, 5.74) is -1.07. The number of hydrogen-bond donors (Lipinski definition) is 1. The van der Waals surface area contributed by atoms with Crippen LogP contribution in [0.15, 0.2) is 12.1 Å². The maximum atomic E-state index is 12.6. The van der Waals surface area contributed by atoms with E-state index in [2.05, 4.69) is 4.98 Å². The predicted octanol–water partition coefficient (Wildman–Crippen LogP) is 2.75. The van der Waals surface area contributed by atoms with Crippen molar-refractivity contribution in [1.29, 1.82) is 0 Å². The molecule has 2 rings (SSSR count). The van der Waals surface area contributed by atoms with Gasteiger partial charge in [-0.1, -0.05) is 6.92 Å². The number of alkyl halides is 3. The molecule has 0 fully saturated rings. The minimum absolute atomic E-state index is 0.0156. The normalized spacial score (nSPS) is 19.0. The summed E-state index contributed by atoms with van der Waals surface area (Å²) in [4.78, 5) is 15.6. The van der Waals surface area contributed by atoms with Gasteiger partial charge in [-0.25, -0.2) is 9.78 Å². The summed E-state index contributed by atoms with van der Waals surface area (Å²) in [7, 11) is 0. The Hall–Kier alpha value is -1.99. The Balaban J connectivity index is 2.40. The van der Waals surface area contributed by atoms with Gasteiger partial charge in [0.05, 0.1) is 13.1 Å². The number of rotatable bonds is 1. The average molecular weight is 290 g/mol. The summed E-state index contributed by atoms with van der Waals surface area (Å²) in [6.07, 6.45) is -5.63. The van der Waals surface area contributed by atoms with Crippen molar-refractivity contribution in [3.8, 4) is 5.75 Å². The molecule has 20 heavy (non-hydrogen) atoms. The quantitative estimate of drug-likeness (QED) is 0.864. The third-order valence-electron chi connectivity index (χ3n) is 3.01. The van der Waals surface area contributed by atoms with Crippen LogP contribution in [0.25, 0.3) is 0 Å². The molecule has 1 aliphatic heterocycles. The van der Waals surface area contributed by atoms with E-state index in [9.17, 15) is 18.0 Å². The zero-order valence-corrected chi connectivity index (χ0v) is 10.6. The molecule has 1 amide bonds. The van der Waals surface area contributed by atoms with E-state index in [-0.39, 0.29) is 24.5 Å². The van der Waals surface area contributed by atoms with Crippen LogP contribution >= 0.6 is 0 Å². The number of halogens is 3. The summed E-state index contributed by atoms with van der Waals surface area (Å²) in [6, 6.07) is 2.03. The molecular formula is C12H13F3N2O3. The van der Waals surface area contributed by atoms with Gasteiger partial charge in [-0.3, -0.25) is 4.90 Å². The molecule has 1 atom stereocenters. The van der Waals surface area contributed by atoms with Crippen LogP contribution in [0.3, 0.4) is 0 Å². The molecule has 0 saturated carbocycles. The van der Waals surface area contributed by atoms with Crippen molar-refractivity contribution in [2.24, 2.45) is 0 Å². The first-order chi connectivity index (χ1) is 9.31. The summed E-state index contributed by atoms with van der Waals surface area (Å²) in [5.74, 6) is 0.202. The van der Waals surface area contributed by atoms with Crippen LogP contribution in [0.5, 0.6) is 5.75 Å². The monoisotopic (exact) mass is 290 g/mol. The van der Waals surface area contributed by atoms with Crippen LogP contribution in [0, 0.1) is 0 Å². The van der Waals surface area contributed by atoms with Gasteiger partial charge in [-0.15, -0.1) is 0 Å². The third-order valence-corrected chi connectivity index (χ3v) is 3.01. The maximum Gasteiger partial charge on any atom is 0.433 e. The van der Waals surface area contributed by atoms with E-state index in [0.717, 1.165) is 11.0 Å². The van der Waals surface area contributed by atoms with E-state index < -0.39 is 24.1 Å². The molecule has 1 aliphatic rings. The number of nitrogens with zero attached hydrogens (tertiary/aromatic N) is 2. The van der Waals surface area contributed by atoms with Crippen molar-refractivity contribution < 1.29 is 27.8 Å². The lowest BCUT2D eigenvalue weighted by molar-refractivity contribution is -0.141. The van der Waals surface area contributed by atoms with Gasteiger partial charge in [0.2, 0.25) is 0 Å². The molecule has 1 aromatic heterocycles. The Morgan fingerprint density at radius 2 is 2.25 bits per heavy atom. The van der Waals surface area contributed by atoms with E-state index in [1.807, 2.05) is 6.92 Å². The van der Waals surface area contributed by atoms with Gasteiger partial charge in [0, 0.05) is 0 Å². The van der Waals surface area contributed by atoms with Crippen molar-refractivity contribution >= 4 is 6.09 Å². The van der Waals surface area contributed by atoms with Crippen LogP contribution in [0.1, 0.15) is 24.7 Å². The highest BCUT2D eigenvalue weighted by Crippen LogP contribution is 2.32. The number of carboxylic acid groups (broad SMARTS) is 1. The number of ether oxygens (including phenoxy) is 1. The zero-order valence-electron chi connectivity index (χ0n) is 10.6. The van der Waals surface area contributed by atoms with Crippen LogP contribution in [-0.2, 0) is 12.7 Å². The van der Waals surface area contributed by atoms with Gasteiger partial charge in [0.15, 0.2) is 0 Å². The summed E-state index contributed by atoms with van der Waals surface area (Å²) in [5, 5.41) is 9.05. The van der Waals surface area contributed by atoms with Crippen molar-refractivity contribution in [3.05, 3.63) is 23.5 Å². The average Bonchev–Trinajstić information content (AvgIpc) is 2.55. The van der Waals surface area contributed by atoms with E-state index in [0.29, 0.717) is 6.42 Å². The second-order valence-electron chi connectivity index (χ2n) is 4.45. The minimum Gasteiger partial charge on any atom is -0.487 e. The summed E-state index contributed by atoms with van der Waals surface area (Å²) >= 11 is 0. The van der Waals surface area contributed by atoms with Gasteiger partial charge in [0.25, 0.3) is 0 Å². The lowest BCUT2D eigenvalue weighted by atomic mass is 10.2. The van der Waals surface area contributed by atoms with Gasteiger partial charge in [0.1, 0.15) is 23.2 Å². The molecule has 110 valence electrons. The summed E-state index contributed by atoms with van der Waals surface area (Å²) < 4.78 is 43.4. The standard InChI is InChI=1S/C12H13F3N2O3/c1-2-7-5-17(11(18)19)6-8-9(20-7)3-4-10(16-8)12(13,14)15/h3-4,7H,2,5-6H2,1H3,(H,18,19)/t7-/m1/s1. The fourth-order valence-corrected chi connectivity index (χ4v) is 1.93. The second kappa shape index (κ2) is 5.18. The third kappa shape index (κ3) is 2.94. The van der Waals surface area contributed by atoms with E-state index in [1.54, 1.807) is 0 Å². The first kappa shape index (κ1) is 14.4. The molecule has 5 nitrogen and oxygen atoms in total. The number of pyridine rings is 1. The van der Waals surface area contributed by atoms with Crippen molar-refractivity contribution in [2.75, 3.05) is 6.54 Å². The molecular weight excluding hydrogens is 277 g/mol. The largest absolute Gasteiger partial charge is 0.487 e. The molecule has 0 bridgehead atoms. The highest BCUT2D eigenvalue weighted by atomic mass is 19.4. The first-order valence-electron chi connectivity index (χ1n) is 6.03. The highest BCUT2D eigenvalue weighted by molar-refractivity contribution is 5.65. The topological polar surface area (TPSA) is 62.7 Å². The number of fused-ring (bicyclic) bond motifs is 1. The molecule has 2 heterocycles. The fourth-order valence-electron chi connectivity index (χ4n) is 1.93. The molecule has 0 aromatic carbocycles. The van der Waals surface area contributed by atoms with Crippen LogP contribution in [0.2, 0.25) is 0 Å². The van der Waals surface area contributed by atoms with Crippen molar-refractivity contribution in [1.82, 2.24) is 9.88 Å². The lowest BCUT2D eigenvalue weighted by Crippen LogP contribution is -2.36. The molecule has 1 N–H and O–H groups in total. The molecule has 1 aromatic rings. The van der Waals surface area contributed by atoms with E-state index in [4.69, 9.17) is 9.84 Å². The molecule has 0 unspecified atom stereocenters. The molecule has 0 spiro atoms. The van der Waals surface area contributed by atoms with Gasteiger partial charge >= 0.3 is 12.3 Å². The van der Waals surface area contributed by atoms with Crippen LogP contribution in [-0.4, -0.2) is 33.7 Å².